The van der Waals surface area contributed by atoms with Crippen LogP contribution in [0.15, 0.2) is 0 Å². The third-order valence-corrected chi connectivity index (χ3v) is 6.62. The Hall–Kier alpha value is -0.490. The smallest absolute Gasteiger partial charge is 0.166 e. The summed E-state index contributed by atoms with van der Waals surface area (Å²) in [6, 6.07) is 0.491. The summed E-state index contributed by atoms with van der Waals surface area (Å²) in [4.78, 5) is 17.7. The molecule has 140 valence electrons. The Morgan fingerprint density at radius 3 is 1.50 bits per heavy atom. The van der Waals surface area contributed by atoms with E-state index in [0.717, 1.165) is 51.9 Å². The largest absolute Gasteiger partial charge is 0.327 e. The minimum Gasteiger partial charge on any atom is -0.327 e. The third kappa shape index (κ3) is 4.78. The zero-order valence-corrected chi connectivity index (χ0v) is 16.1. The molecule has 2 aliphatic rings. The van der Waals surface area contributed by atoms with Crippen molar-refractivity contribution in [2.24, 2.45) is 23.3 Å². The lowest BCUT2D eigenvalue weighted by molar-refractivity contribution is -0.128. The minimum absolute atomic E-state index is 0.0214. The number of hydrogen-bond acceptors (Lipinski definition) is 5. The summed E-state index contributed by atoms with van der Waals surface area (Å²) < 4.78 is 0. The highest BCUT2D eigenvalue weighted by molar-refractivity contribution is 5.88. The predicted octanol–water partition coefficient (Wildman–Crippen LogP) is 1.45. The zero-order valence-electron chi connectivity index (χ0n) is 16.1. The van der Waals surface area contributed by atoms with Crippen LogP contribution in [0.3, 0.4) is 0 Å². The van der Waals surface area contributed by atoms with E-state index < -0.39 is 0 Å². The average Bonchev–Trinajstić information content (AvgIpc) is 2.84. The van der Waals surface area contributed by atoms with E-state index in [9.17, 15) is 4.79 Å². The van der Waals surface area contributed by atoms with E-state index in [4.69, 9.17) is 11.5 Å². The number of rotatable bonds is 4. The van der Waals surface area contributed by atoms with E-state index in [2.05, 4.69) is 37.5 Å². The van der Waals surface area contributed by atoms with E-state index in [0.29, 0.717) is 17.6 Å². The Balaban J connectivity index is 1.94. The molecule has 0 bridgehead atoms. The van der Waals surface area contributed by atoms with E-state index in [1.165, 1.54) is 0 Å². The van der Waals surface area contributed by atoms with Crippen molar-refractivity contribution in [2.45, 2.75) is 77.5 Å². The van der Waals surface area contributed by atoms with Gasteiger partial charge in [-0.25, -0.2) is 0 Å². The summed E-state index contributed by atoms with van der Waals surface area (Å²) in [7, 11) is 0. The van der Waals surface area contributed by atoms with E-state index in [-0.39, 0.29) is 24.2 Å². The molecule has 0 aromatic heterocycles. The van der Waals surface area contributed by atoms with Gasteiger partial charge in [0.2, 0.25) is 0 Å². The van der Waals surface area contributed by atoms with Gasteiger partial charge in [0.25, 0.3) is 0 Å². The molecular formula is C19H38N4O. The molecule has 4 N–H and O–H groups in total. The van der Waals surface area contributed by atoms with Crippen LogP contribution in [-0.2, 0) is 4.79 Å². The number of carbonyl (C=O) groups is 1. The number of likely N-dealkylation sites (tertiary alicyclic amines) is 2. The van der Waals surface area contributed by atoms with Crippen molar-refractivity contribution < 1.29 is 4.79 Å². The summed E-state index contributed by atoms with van der Waals surface area (Å²) in [5, 5.41) is 0. The van der Waals surface area contributed by atoms with Gasteiger partial charge in [-0.15, -0.1) is 0 Å². The number of Topliss-reactive ketones (excluding diaryl/α,β-unsaturated/α-hetero) is 1. The molecule has 6 atom stereocenters. The SMILES string of the molecule is CC1CCN(C(C)C(=O)C(C)N2CCC(C)C(N)CC2)CCC1N. The molecule has 0 aromatic carbocycles. The van der Waals surface area contributed by atoms with Crippen LogP contribution in [0, 0.1) is 11.8 Å². The maximum Gasteiger partial charge on any atom is 0.166 e. The quantitative estimate of drug-likeness (QED) is 0.811. The Labute approximate surface area is 148 Å². The molecule has 6 unspecified atom stereocenters. The van der Waals surface area contributed by atoms with Crippen LogP contribution in [0.5, 0.6) is 0 Å². The monoisotopic (exact) mass is 338 g/mol. The normalized spacial score (nSPS) is 36.6. The Kier molecular flexibility index (Phi) is 7.23. The molecule has 0 aromatic rings. The maximum atomic E-state index is 13.0. The second-order valence-electron chi connectivity index (χ2n) is 8.26. The molecular weight excluding hydrogens is 300 g/mol. The molecule has 5 heteroatoms. The third-order valence-electron chi connectivity index (χ3n) is 6.62. The minimum atomic E-state index is -0.0214. The summed E-state index contributed by atoms with van der Waals surface area (Å²) >= 11 is 0. The first-order valence-electron chi connectivity index (χ1n) is 9.84. The second-order valence-corrected chi connectivity index (χ2v) is 8.26. The van der Waals surface area contributed by atoms with Crippen LogP contribution < -0.4 is 11.5 Å². The van der Waals surface area contributed by atoms with Gasteiger partial charge in [0.1, 0.15) is 0 Å². The van der Waals surface area contributed by atoms with Crippen molar-refractivity contribution in [3.05, 3.63) is 0 Å². The number of carbonyl (C=O) groups excluding carboxylic acids is 1. The molecule has 0 radical (unpaired) electrons. The van der Waals surface area contributed by atoms with Crippen LogP contribution in [0.2, 0.25) is 0 Å². The molecule has 0 spiro atoms. The van der Waals surface area contributed by atoms with Crippen LogP contribution in [0.4, 0.5) is 0 Å². The molecule has 2 heterocycles. The van der Waals surface area contributed by atoms with Crippen molar-refractivity contribution in [2.75, 3.05) is 26.2 Å². The van der Waals surface area contributed by atoms with Crippen LogP contribution in [0.1, 0.15) is 53.4 Å². The van der Waals surface area contributed by atoms with E-state index >= 15 is 0 Å². The second kappa shape index (κ2) is 8.75. The summed E-state index contributed by atoms with van der Waals surface area (Å²) in [5.41, 5.74) is 12.4. The highest BCUT2D eigenvalue weighted by Gasteiger charge is 2.32. The highest BCUT2D eigenvalue weighted by Crippen LogP contribution is 2.21. The van der Waals surface area contributed by atoms with Crippen molar-refractivity contribution in [3.63, 3.8) is 0 Å². The molecule has 0 aliphatic carbocycles. The Bertz CT molecular complexity index is 356. The lowest BCUT2D eigenvalue weighted by Crippen LogP contribution is -2.49. The van der Waals surface area contributed by atoms with Crippen molar-refractivity contribution in [1.82, 2.24) is 9.80 Å². The van der Waals surface area contributed by atoms with Gasteiger partial charge in [0.05, 0.1) is 12.1 Å². The van der Waals surface area contributed by atoms with E-state index in [1.807, 2.05) is 0 Å². The van der Waals surface area contributed by atoms with Gasteiger partial charge in [-0.3, -0.25) is 14.6 Å². The van der Waals surface area contributed by atoms with Gasteiger partial charge in [0, 0.05) is 25.2 Å². The van der Waals surface area contributed by atoms with Gasteiger partial charge >= 0.3 is 0 Å². The van der Waals surface area contributed by atoms with Gasteiger partial charge in [-0.1, -0.05) is 13.8 Å². The lowest BCUT2D eigenvalue weighted by atomic mass is 9.98. The van der Waals surface area contributed by atoms with Gasteiger partial charge < -0.3 is 11.5 Å². The molecule has 2 rings (SSSR count). The van der Waals surface area contributed by atoms with Crippen LogP contribution >= 0.6 is 0 Å². The number of nitrogens with two attached hydrogens (primary N) is 2. The maximum absolute atomic E-state index is 13.0. The first-order valence-corrected chi connectivity index (χ1v) is 9.84. The standard InChI is InChI=1S/C19H38N4O/c1-13-5-9-22(11-7-17(13)20)15(3)19(24)16(4)23-10-6-14(2)18(21)8-12-23/h13-18H,5-12,20-21H2,1-4H3. The topological polar surface area (TPSA) is 75.6 Å². The van der Waals surface area contributed by atoms with Crippen LogP contribution in [-0.4, -0.2) is 65.9 Å². The molecule has 5 nitrogen and oxygen atoms in total. The number of nitrogens with zero attached hydrogens (tertiary/aromatic N) is 2. The molecule has 2 aliphatic heterocycles. The van der Waals surface area contributed by atoms with E-state index in [1.54, 1.807) is 0 Å². The number of ketones is 1. The number of hydrogen-bond donors (Lipinski definition) is 2. The van der Waals surface area contributed by atoms with Gasteiger partial charge in [0.15, 0.2) is 5.78 Å². The summed E-state index contributed by atoms with van der Waals surface area (Å²) in [6.07, 6.45) is 4.15. The summed E-state index contributed by atoms with van der Waals surface area (Å²) in [6.45, 7) is 12.4. The van der Waals surface area contributed by atoms with Gasteiger partial charge in [-0.05, 0) is 64.5 Å². The first kappa shape index (κ1) is 19.8. The summed E-state index contributed by atoms with van der Waals surface area (Å²) in [5.74, 6) is 1.44. The van der Waals surface area contributed by atoms with Crippen molar-refractivity contribution in [3.8, 4) is 0 Å². The fourth-order valence-corrected chi connectivity index (χ4v) is 4.07. The molecule has 24 heavy (non-hydrogen) atoms. The van der Waals surface area contributed by atoms with Crippen molar-refractivity contribution in [1.29, 1.82) is 0 Å². The first-order chi connectivity index (χ1) is 11.3. The van der Waals surface area contributed by atoms with Crippen molar-refractivity contribution >= 4 is 5.78 Å². The average molecular weight is 339 g/mol. The van der Waals surface area contributed by atoms with Gasteiger partial charge in [-0.2, -0.15) is 0 Å². The molecule has 2 saturated heterocycles. The predicted molar refractivity (Wildman–Crippen MR) is 99.8 cm³/mol. The fourth-order valence-electron chi connectivity index (χ4n) is 4.07. The zero-order chi connectivity index (χ0) is 17.9. The Morgan fingerprint density at radius 2 is 1.12 bits per heavy atom. The molecule has 0 saturated carbocycles. The fraction of sp³-hybridized carbons (Fsp3) is 0.947. The molecule has 0 amide bonds. The van der Waals surface area contributed by atoms with Crippen LogP contribution in [0.25, 0.3) is 0 Å². The lowest BCUT2D eigenvalue weighted by Gasteiger charge is -2.33. The Morgan fingerprint density at radius 1 is 0.792 bits per heavy atom. The highest BCUT2D eigenvalue weighted by atomic mass is 16.1. The molecule has 2 fully saturated rings.